The van der Waals surface area contributed by atoms with Crippen molar-refractivity contribution in [3.05, 3.63) is 41.5 Å². The maximum absolute atomic E-state index is 13.5. The standard InChI is InChI=1S/C11H9F3N4O2/c12-6-1-2-8(10(14)9(6)13)18-4-5(16-17-18)3-7(15)11(19)20/h1-2,4,7H,3,15H2,(H,19,20). The third-order valence-electron chi connectivity index (χ3n) is 2.55. The predicted octanol–water partition coefficient (Wildman–Crippen LogP) is 0.639. The number of rotatable bonds is 4. The number of hydrogen-bond acceptors (Lipinski definition) is 4. The van der Waals surface area contributed by atoms with E-state index >= 15 is 0 Å². The van der Waals surface area contributed by atoms with Gasteiger partial charge in [-0.2, -0.15) is 0 Å². The Balaban J connectivity index is 2.30. The smallest absolute Gasteiger partial charge is 0.320 e. The molecule has 1 aromatic heterocycles. The quantitative estimate of drug-likeness (QED) is 0.804. The molecular formula is C11H9F3N4O2. The summed E-state index contributed by atoms with van der Waals surface area (Å²) in [6.07, 6.45) is 1.07. The van der Waals surface area contributed by atoms with Crippen molar-refractivity contribution in [2.24, 2.45) is 5.73 Å². The van der Waals surface area contributed by atoms with E-state index in [4.69, 9.17) is 10.8 Å². The van der Waals surface area contributed by atoms with E-state index in [-0.39, 0.29) is 17.8 Å². The van der Waals surface area contributed by atoms with Crippen molar-refractivity contribution < 1.29 is 23.1 Å². The van der Waals surface area contributed by atoms with Crippen LogP contribution in [0, 0.1) is 17.5 Å². The summed E-state index contributed by atoms with van der Waals surface area (Å²) in [5, 5.41) is 15.8. The number of benzene rings is 1. The largest absolute Gasteiger partial charge is 0.480 e. The van der Waals surface area contributed by atoms with E-state index in [1.54, 1.807) is 0 Å². The van der Waals surface area contributed by atoms with Crippen molar-refractivity contribution in [1.29, 1.82) is 0 Å². The average Bonchev–Trinajstić information content (AvgIpc) is 2.84. The van der Waals surface area contributed by atoms with Crippen molar-refractivity contribution in [2.75, 3.05) is 0 Å². The summed E-state index contributed by atoms with van der Waals surface area (Å²) in [6.45, 7) is 0. The normalized spacial score (nSPS) is 12.4. The van der Waals surface area contributed by atoms with Gasteiger partial charge in [0.15, 0.2) is 17.5 Å². The minimum Gasteiger partial charge on any atom is -0.480 e. The second kappa shape index (κ2) is 5.29. The van der Waals surface area contributed by atoms with Crippen molar-refractivity contribution >= 4 is 5.97 Å². The van der Waals surface area contributed by atoms with Gasteiger partial charge in [0.05, 0.1) is 11.9 Å². The zero-order valence-corrected chi connectivity index (χ0v) is 9.92. The number of hydrogen-bond donors (Lipinski definition) is 2. The summed E-state index contributed by atoms with van der Waals surface area (Å²) < 4.78 is 40.3. The fourth-order valence-electron chi connectivity index (χ4n) is 1.51. The van der Waals surface area contributed by atoms with Gasteiger partial charge in [0.25, 0.3) is 0 Å². The molecule has 1 aromatic carbocycles. The molecule has 106 valence electrons. The lowest BCUT2D eigenvalue weighted by Gasteiger charge is -2.03. The van der Waals surface area contributed by atoms with Crippen LogP contribution in [0.4, 0.5) is 13.2 Å². The van der Waals surface area contributed by atoms with Crippen LogP contribution in [-0.4, -0.2) is 32.1 Å². The molecule has 0 saturated carbocycles. The van der Waals surface area contributed by atoms with Crippen LogP contribution in [0.2, 0.25) is 0 Å². The second-order valence-corrected chi connectivity index (χ2v) is 4.00. The van der Waals surface area contributed by atoms with E-state index in [1.165, 1.54) is 6.20 Å². The molecule has 1 unspecified atom stereocenters. The molecule has 1 atom stereocenters. The Morgan fingerprint density at radius 3 is 2.70 bits per heavy atom. The molecule has 6 nitrogen and oxygen atoms in total. The predicted molar refractivity (Wildman–Crippen MR) is 60.5 cm³/mol. The molecule has 0 bridgehead atoms. The van der Waals surface area contributed by atoms with E-state index in [0.717, 1.165) is 16.8 Å². The van der Waals surface area contributed by atoms with Crippen LogP contribution in [-0.2, 0) is 11.2 Å². The highest BCUT2D eigenvalue weighted by Gasteiger charge is 2.18. The second-order valence-electron chi connectivity index (χ2n) is 4.00. The molecule has 2 rings (SSSR count). The molecule has 0 aliphatic rings. The summed E-state index contributed by atoms with van der Waals surface area (Å²) in [5.74, 6) is -5.58. The zero-order valence-electron chi connectivity index (χ0n) is 9.92. The highest BCUT2D eigenvalue weighted by atomic mass is 19.2. The first-order valence-corrected chi connectivity index (χ1v) is 5.43. The lowest BCUT2D eigenvalue weighted by atomic mass is 10.2. The van der Waals surface area contributed by atoms with Gasteiger partial charge >= 0.3 is 5.97 Å². The SMILES string of the molecule is NC(Cc1cn(-c2ccc(F)c(F)c2F)nn1)C(=O)O. The fraction of sp³-hybridized carbons (Fsp3) is 0.182. The van der Waals surface area contributed by atoms with Crippen molar-refractivity contribution in [3.63, 3.8) is 0 Å². The topological polar surface area (TPSA) is 94.0 Å². The zero-order chi connectivity index (χ0) is 14.9. The summed E-state index contributed by atoms with van der Waals surface area (Å²) in [4.78, 5) is 10.6. The van der Waals surface area contributed by atoms with Gasteiger partial charge in [0.1, 0.15) is 11.7 Å². The van der Waals surface area contributed by atoms with Crippen LogP contribution in [0.1, 0.15) is 5.69 Å². The van der Waals surface area contributed by atoms with Crippen LogP contribution in [0.3, 0.4) is 0 Å². The summed E-state index contributed by atoms with van der Waals surface area (Å²) in [6, 6.07) is 0.552. The van der Waals surface area contributed by atoms with E-state index in [0.29, 0.717) is 0 Å². The molecular weight excluding hydrogens is 277 g/mol. The van der Waals surface area contributed by atoms with E-state index in [9.17, 15) is 18.0 Å². The molecule has 0 amide bonds. The van der Waals surface area contributed by atoms with Crippen LogP contribution >= 0.6 is 0 Å². The maximum Gasteiger partial charge on any atom is 0.320 e. The molecule has 1 heterocycles. The van der Waals surface area contributed by atoms with Gasteiger partial charge in [0.2, 0.25) is 0 Å². The van der Waals surface area contributed by atoms with Gasteiger partial charge in [-0.05, 0) is 12.1 Å². The van der Waals surface area contributed by atoms with Crippen LogP contribution in [0.25, 0.3) is 5.69 Å². The molecule has 0 fully saturated rings. The minimum atomic E-state index is -1.62. The van der Waals surface area contributed by atoms with Gasteiger partial charge in [-0.3, -0.25) is 4.79 Å². The Labute approximate surface area is 110 Å². The van der Waals surface area contributed by atoms with Gasteiger partial charge < -0.3 is 10.8 Å². The Morgan fingerprint density at radius 1 is 1.35 bits per heavy atom. The molecule has 3 N–H and O–H groups in total. The molecule has 0 saturated heterocycles. The number of carboxylic acid groups (broad SMARTS) is 1. The third kappa shape index (κ3) is 2.62. The highest BCUT2D eigenvalue weighted by molar-refractivity contribution is 5.73. The first kappa shape index (κ1) is 14.0. The van der Waals surface area contributed by atoms with Gasteiger partial charge in [-0.15, -0.1) is 5.10 Å². The summed E-state index contributed by atoms with van der Waals surface area (Å²) >= 11 is 0. The summed E-state index contributed by atoms with van der Waals surface area (Å²) in [5.41, 5.74) is 5.15. The van der Waals surface area contributed by atoms with Gasteiger partial charge in [-0.1, -0.05) is 5.21 Å². The Morgan fingerprint density at radius 2 is 2.05 bits per heavy atom. The summed E-state index contributed by atoms with van der Waals surface area (Å²) in [7, 11) is 0. The molecule has 0 aliphatic heterocycles. The number of halogens is 3. The lowest BCUT2D eigenvalue weighted by Crippen LogP contribution is -2.32. The van der Waals surface area contributed by atoms with E-state index in [2.05, 4.69) is 10.3 Å². The number of carboxylic acids is 1. The van der Waals surface area contributed by atoms with Gasteiger partial charge in [0, 0.05) is 6.42 Å². The number of aromatic nitrogens is 3. The van der Waals surface area contributed by atoms with Crippen molar-refractivity contribution in [1.82, 2.24) is 15.0 Å². The lowest BCUT2D eigenvalue weighted by molar-refractivity contribution is -0.138. The number of nitrogens with zero attached hydrogens (tertiary/aromatic N) is 3. The average molecular weight is 286 g/mol. The van der Waals surface area contributed by atoms with Crippen LogP contribution in [0.5, 0.6) is 0 Å². The molecule has 0 spiro atoms. The molecule has 0 radical (unpaired) electrons. The Kier molecular flexibility index (Phi) is 3.70. The monoisotopic (exact) mass is 286 g/mol. The molecule has 9 heteroatoms. The fourth-order valence-corrected chi connectivity index (χ4v) is 1.51. The molecule has 20 heavy (non-hydrogen) atoms. The molecule has 0 aliphatic carbocycles. The van der Waals surface area contributed by atoms with Crippen molar-refractivity contribution in [3.8, 4) is 5.69 Å². The maximum atomic E-state index is 13.5. The Hall–Kier alpha value is -2.42. The first-order valence-electron chi connectivity index (χ1n) is 5.43. The van der Waals surface area contributed by atoms with Crippen LogP contribution in [0.15, 0.2) is 18.3 Å². The third-order valence-corrected chi connectivity index (χ3v) is 2.55. The van der Waals surface area contributed by atoms with E-state index in [1.807, 2.05) is 0 Å². The first-order chi connectivity index (χ1) is 9.40. The van der Waals surface area contributed by atoms with Crippen molar-refractivity contribution in [2.45, 2.75) is 12.5 Å². The number of nitrogens with two attached hydrogens (primary N) is 1. The highest BCUT2D eigenvalue weighted by Crippen LogP contribution is 2.18. The van der Waals surface area contributed by atoms with E-state index < -0.39 is 29.5 Å². The number of carbonyl (C=O) groups is 1. The Bertz CT molecular complexity index is 659. The molecule has 2 aromatic rings. The van der Waals surface area contributed by atoms with Gasteiger partial charge in [-0.25, -0.2) is 17.9 Å². The minimum absolute atomic E-state index is 0.124. The van der Waals surface area contributed by atoms with Crippen LogP contribution < -0.4 is 5.73 Å². The number of aliphatic carboxylic acids is 1.